The number of fused-ring (bicyclic) bond motifs is 1. The van der Waals surface area contributed by atoms with Crippen molar-refractivity contribution in [3.63, 3.8) is 0 Å². The van der Waals surface area contributed by atoms with Crippen molar-refractivity contribution < 1.29 is 27.1 Å². The van der Waals surface area contributed by atoms with Gasteiger partial charge in [0.05, 0.1) is 11.9 Å². The molecule has 3 rings (SSSR count). The minimum absolute atomic E-state index is 0.160. The highest BCUT2D eigenvalue weighted by atomic mass is 32.2. The smallest absolute Gasteiger partial charge is 0.232 e. The Labute approximate surface area is 175 Å². The van der Waals surface area contributed by atoms with Crippen LogP contribution in [0.25, 0.3) is 0 Å². The second-order valence-corrected chi connectivity index (χ2v) is 8.90. The zero-order chi connectivity index (χ0) is 21.6. The molecule has 30 heavy (non-hydrogen) atoms. The van der Waals surface area contributed by atoms with Crippen molar-refractivity contribution >= 4 is 21.6 Å². The molecular formula is C21H25FN2O5S. The van der Waals surface area contributed by atoms with Gasteiger partial charge in [0.25, 0.3) is 0 Å². The van der Waals surface area contributed by atoms with E-state index in [1.807, 2.05) is 0 Å². The number of nitrogens with one attached hydrogen (secondary N) is 1. The third-order valence-electron chi connectivity index (χ3n) is 4.63. The van der Waals surface area contributed by atoms with Gasteiger partial charge in [0.15, 0.2) is 11.5 Å². The summed E-state index contributed by atoms with van der Waals surface area (Å²) in [6.45, 7) is 1.47. The number of carbonyl (C=O) groups is 1. The molecule has 0 aromatic heterocycles. The molecule has 0 fully saturated rings. The minimum atomic E-state index is -3.52. The Hall–Kier alpha value is -2.81. The van der Waals surface area contributed by atoms with Crippen LogP contribution in [0, 0.1) is 5.82 Å². The van der Waals surface area contributed by atoms with Gasteiger partial charge in [0, 0.05) is 25.6 Å². The van der Waals surface area contributed by atoms with Crippen molar-refractivity contribution in [2.24, 2.45) is 0 Å². The summed E-state index contributed by atoms with van der Waals surface area (Å²) >= 11 is 0. The van der Waals surface area contributed by atoms with Crippen LogP contribution in [0.4, 0.5) is 10.1 Å². The van der Waals surface area contributed by atoms with E-state index in [1.54, 1.807) is 30.3 Å². The molecule has 1 aliphatic heterocycles. The van der Waals surface area contributed by atoms with Crippen LogP contribution in [0.3, 0.4) is 0 Å². The van der Waals surface area contributed by atoms with Gasteiger partial charge in [-0.25, -0.2) is 12.8 Å². The van der Waals surface area contributed by atoms with Crippen molar-refractivity contribution in [1.82, 2.24) is 5.32 Å². The summed E-state index contributed by atoms with van der Waals surface area (Å²) in [5.74, 6) is 0.633. The molecule has 0 aliphatic carbocycles. The molecule has 9 heteroatoms. The maximum atomic E-state index is 12.9. The van der Waals surface area contributed by atoms with E-state index in [1.165, 1.54) is 16.4 Å². The summed E-state index contributed by atoms with van der Waals surface area (Å²) < 4.78 is 49.7. The highest BCUT2D eigenvalue weighted by molar-refractivity contribution is 7.92. The van der Waals surface area contributed by atoms with Crippen molar-refractivity contribution in [2.75, 3.05) is 36.9 Å². The average molecular weight is 437 g/mol. The Morgan fingerprint density at radius 2 is 1.80 bits per heavy atom. The van der Waals surface area contributed by atoms with E-state index in [9.17, 15) is 17.6 Å². The molecule has 0 atom stereocenters. The number of rotatable bonds is 9. The van der Waals surface area contributed by atoms with Crippen LogP contribution in [-0.2, 0) is 21.2 Å². The van der Waals surface area contributed by atoms with E-state index in [0.29, 0.717) is 49.8 Å². The summed E-state index contributed by atoms with van der Waals surface area (Å²) in [6.07, 6.45) is 2.29. The van der Waals surface area contributed by atoms with Crippen LogP contribution >= 0.6 is 0 Å². The SMILES string of the molecule is CS(=O)(=O)N(CCCC(=O)NCCc1ccc(F)cc1)c1ccc2c(c1)OCCO2. The molecule has 0 saturated carbocycles. The van der Waals surface area contributed by atoms with Gasteiger partial charge in [-0.1, -0.05) is 12.1 Å². The van der Waals surface area contributed by atoms with E-state index in [-0.39, 0.29) is 24.7 Å². The van der Waals surface area contributed by atoms with Crippen LogP contribution in [-0.4, -0.2) is 46.9 Å². The first-order chi connectivity index (χ1) is 14.3. The first-order valence-electron chi connectivity index (χ1n) is 9.71. The zero-order valence-electron chi connectivity index (χ0n) is 16.8. The van der Waals surface area contributed by atoms with Gasteiger partial charge in [-0.05, 0) is 42.7 Å². The molecule has 0 spiro atoms. The number of sulfonamides is 1. The van der Waals surface area contributed by atoms with Gasteiger partial charge in [0.1, 0.15) is 19.0 Å². The maximum Gasteiger partial charge on any atom is 0.232 e. The Balaban J connectivity index is 1.50. The second kappa shape index (κ2) is 9.80. The number of amides is 1. The number of hydrogen-bond acceptors (Lipinski definition) is 5. The summed E-state index contributed by atoms with van der Waals surface area (Å²) in [4.78, 5) is 12.1. The second-order valence-electron chi connectivity index (χ2n) is 6.99. The summed E-state index contributed by atoms with van der Waals surface area (Å²) in [6, 6.07) is 11.1. The van der Waals surface area contributed by atoms with Crippen LogP contribution in [0.5, 0.6) is 11.5 Å². The first kappa shape index (κ1) is 21.9. The summed E-state index contributed by atoms with van der Waals surface area (Å²) in [5.41, 5.74) is 1.40. The predicted octanol–water partition coefficient (Wildman–Crippen LogP) is 2.50. The average Bonchev–Trinajstić information content (AvgIpc) is 2.71. The third-order valence-corrected chi connectivity index (χ3v) is 5.82. The van der Waals surface area contributed by atoms with E-state index >= 15 is 0 Å². The van der Waals surface area contributed by atoms with Crippen LogP contribution < -0.4 is 19.1 Å². The number of hydrogen-bond donors (Lipinski definition) is 1. The van der Waals surface area contributed by atoms with Gasteiger partial charge >= 0.3 is 0 Å². The van der Waals surface area contributed by atoms with Crippen molar-refractivity contribution in [2.45, 2.75) is 19.3 Å². The number of anilines is 1. The lowest BCUT2D eigenvalue weighted by Gasteiger charge is -2.25. The molecule has 1 aliphatic rings. The molecule has 0 unspecified atom stereocenters. The first-order valence-corrected chi connectivity index (χ1v) is 11.6. The number of benzene rings is 2. The summed E-state index contributed by atoms with van der Waals surface area (Å²) in [7, 11) is -3.52. The number of halogens is 1. The molecule has 0 radical (unpaired) electrons. The van der Waals surface area contributed by atoms with Crippen LogP contribution in [0.2, 0.25) is 0 Å². The van der Waals surface area contributed by atoms with Crippen molar-refractivity contribution in [1.29, 1.82) is 0 Å². The standard InChI is InChI=1S/C21H25FN2O5S/c1-30(26,27)24(18-8-9-19-20(15-18)29-14-13-28-19)12-2-3-21(25)23-11-10-16-4-6-17(22)7-5-16/h4-9,15H,2-3,10-14H2,1H3,(H,23,25). The van der Waals surface area contributed by atoms with Gasteiger partial charge in [-0.15, -0.1) is 0 Å². The molecule has 2 aromatic carbocycles. The van der Waals surface area contributed by atoms with Gasteiger partial charge < -0.3 is 14.8 Å². The monoisotopic (exact) mass is 436 g/mol. The largest absolute Gasteiger partial charge is 0.486 e. The fraction of sp³-hybridized carbons (Fsp3) is 0.381. The van der Waals surface area contributed by atoms with Crippen molar-refractivity contribution in [3.05, 3.63) is 53.8 Å². The van der Waals surface area contributed by atoms with E-state index in [4.69, 9.17) is 9.47 Å². The Kier molecular flexibility index (Phi) is 7.15. The van der Waals surface area contributed by atoms with Gasteiger partial charge in [0.2, 0.25) is 15.9 Å². The van der Waals surface area contributed by atoms with Gasteiger partial charge in [-0.3, -0.25) is 9.10 Å². The molecule has 1 amide bonds. The fourth-order valence-electron chi connectivity index (χ4n) is 3.14. The molecule has 0 bridgehead atoms. The lowest BCUT2D eigenvalue weighted by molar-refractivity contribution is -0.121. The lowest BCUT2D eigenvalue weighted by Crippen LogP contribution is -2.32. The lowest BCUT2D eigenvalue weighted by atomic mass is 10.1. The van der Waals surface area contributed by atoms with Crippen LogP contribution in [0.1, 0.15) is 18.4 Å². The van der Waals surface area contributed by atoms with Gasteiger partial charge in [-0.2, -0.15) is 0 Å². The Bertz CT molecular complexity index is 979. The predicted molar refractivity (Wildman–Crippen MR) is 112 cm³/mol. The molecule has 162 valence electrons. The Morgan fingerprint density at radius 1 is 1.10 bits per heavy atom. The van der Waals surface area contributed by atoms with E-state index < -0.39 is 10.0 Å². The molecule has 1 heterocycles. The Morgan fingerprint density at radius 3 is 2.50 bits per heavy atom. The molecule has 7 nitrogen and oxygen atoms in total. The fourth-order valence-corrected chi connectivity index (χ4v) is 4.10. The van der Waals surface area contributed by atoms with Crippen molar-refractivity contribution in [3.8, 4) is 11.5 Å². The molecule has 1 N–H and O–H groups in total. The minimum Gasteiger partial charge on any atom is -0.486 e. The van der Waals surface area contributed by atoms with E-state index in [0.717, 1.165) is 11.8 Å². The zero-order valence-corrected chi connectivity index (χ0v) is 17.6. The quantitative estimate of drug-likeness (QED) is 0.653. The van der Waals surface area contributed by atoms with E-state index in [2.05, 4.69) is 5.32 Å². The molecule has 0 saturated heterocycles. The maximum absolute atomic E-state index is 12.9. The third kappa shape index (κ3) is 6.09. The highest BCUT2D eigenvalue weighted by Crippen LogP contribution is 2.34. The molecule has 2 aromatic rings. The number of ether oxygens (including phenoxy) is 2. The highest BCUT2D eigenvalue weighted by Gasteiger charge is 2.21. The number of nitrogens with zero attached hydrogens (tertiary/aromatic N) is 1. The number of carbonyl (C=O) groups excluding carboxylic acids is 1. The normalized spacial score (nSPS) is 13.0. The molecular weight excluding hydrogens is 411 g/mol. The topological polar surface area (TPSA) is 84.9 Å². The summed E-state index contributed by atoms with van der Waals surface area (Å²) in [5, 5.41) is 2.80. The van der Waals surface area contributed by atoms with Crippen LogP contribution in [0.15, 0.2) is 42.5 Å².